The van der Waals surface area contributed by atoms with E-state index in [0.29, 0.717) is 6.54 Å². The Bertz CT molecular complexity index is 474. The lowest BCUT2D eigenvalue weighted by atomic mass is 10.1. The van der Waals surface area contributed by atoms with Gasteiger partial charge in [0.1, 0.15) is 17.0 Å². The van der Waals surface area contributed by atoms with Gasteiger partial charge in [-0.1, -0.05) is 30.3 Å². The van der Waals surface area contributed by atoms with Gasteiger partial charge >= 0.3 is 0 Å². The topological polar surface area (TPSA) is 84.4 Å². The molecule has 2 rings (SSSR count). The molecule has 1 aromatic rings. The van der Waals surface area contributed by atoms with Crippen molar-refractivity contribution in [3.05, 3.63) is 47.4 Å². The van der Waals surface area contributed by atoms with Gasteiger partial charge in [-0.15, -0.1) is 12.6 Å². The van der Waals surface area contributed by atoms with Crippen molar-refractivity contribution >= 4 is 18.5 Å². The van der Waals surface area contributed by atoms with Crippen molar-refractivity contribution in [2.45, 2.75) is 11.9 Å². The largest absolute Gasteiger partial charge is 0.391 e. The summed E-state index contributed by atoms with van der Waals surface area (Å²) < 4.78 is 0. The average molecular weight is 264 g/mol. The summed E-state index contributed by atoms with van der Waals surface area (Å²) in [6.45, 7) is 0.644. The second kappa shape index (κ2) is 5.22. The predicted octanol–water partition coefficient (Wildman–Crippen LogP) is -0.0392. The maximum atomic E-state index is 11.4. The number of nitrogens with zero attached hydrogens (tertiary/aromatic N) is 1. The molecule has 0 radical (unpaired) electrons. The molecule has 1 atom stereocenters. The molecule has 6 heteroatoms. The summed E-state index contributed by atoms with van der Waals surface area (Å²) in [5.41, 5.74) is 12.3. The number of hydrogen-bond donors (Lipinski definition) is 4. The van der Waals surface area contributed by atoms with Gasteiger partial charge in [-0.2, -0.15) is 0 Å². The normalized spacial score (nSPS) is 19.9. The minimum absolute atomic E-state index is 0.0494. The molecule has 1 aliphatic rings. The monoisotopic (exact) mass is 264 g/mol. The second-order valence-corrected chi connectivity index (χ2v) is 4.56. The summed E-state index contributed by atoms with van der Waals surface area (Å²) in [5.74, 6) is -0.0851. The zero-order chi connectivity index (χ0) is 13.1. The van der Waals surface area contributed by atoms with Crippen LogP contribution in [0.4, 0.5) is 0 Å². The molecular formula is C12H16N4OS. The lowest BCUT2D eigenvalue weighted by Gasteiger charge is -2.35. The number of carbonyl (C=O) groups is 1. The van der Waals surface area contributed by atoms with Gasteiger partial charge in [0, 0.05) is 6.54 Å². The molecule has 0 bridgehead atoms. The van der Waals surface area contributed by atoms with Crippen LogP contribution >= 0.6 is 12.6 Å². The van der Waals surface area contributed by atoms with Crippen LogP contribution in [0.15, 0.2) is 41.8 Å². The van der Waals surface area contributed by atoms with Crippen LogP contribution in [-0.2, 0) is 11.2 Å². The first-order valence-electron chi connectivity index (χ1n) is 5.64. The summed E-state index contributed by atoms with van der Waals surface area (Å²) in [6.07, 6.45) is 0.807. The second-order valence-electron chi connectivity index (χ2n) is 4.08. The van der Waals surface area contributed by atoms with Gasteiger partial charge in [0.25, 0.3) is 5.91 Å². The van der Waals surface area contributed by atoms with E-state index in [9.17, 15) is 4.79 Å². The van der Waals surface area contributed by atoms with Gasteiger partial charge in [0.05, 0.1) is 0 Å². The van der Waals surface area contributed by atoms with Gasteiger partial charge < -0.3 is 21.7 Å². The minimum atomic E-state index is -0.437. The first-order chi connectivity index (χ1) is 8.59. The third-order valence-electron chi connectivity index (χ3n) is 2.87. The highest BCUT2D eigenvalue weighted by Gasteiger charge is 2.27. The molecule has 96 valence electrons. The van der Waals surface area contributed by atoms with Crippen LogP contribution in [0.25, 0.3) is 0 Å². The van der Waals surface area contributed by atoms with Crippen LogP contribution in [0.1, 0.15) is 5.56 Å². The van der Waals surface area contributed by atoms with Crippen LogP contribution in [0, 0.1) is 0 Å². The molecule has 0 aromatic heterocycles. The van der Waals surface area contributed by atoms with Crippen molar-refractivity contribution in [3.8, 4) is 0 Å². The molecular weight excluding hydrogens is 248 g/mol. The molecule has 0 spiro atoms. The van der Waals surface area contributed by atoms with Crippen LogP contribution in [0.2, 0.25) is 0 Å². The molecule has 18 heavy (non-hydrogen) atoms. The summed E-state index contributed by atoms with van der Waals surface area (Å²) in [7, 11) is 0. The van der Waals surface area contributed by atoms with E-state index in [4.69, 9.17) is 11.5 Å². The number of thiol groups is 1. The number of nitrogens with one attached hydrogen (secondary N) is 1. The maximum absolute atomic E-state index is 11.4. The summed E-state index contributed by atoms with van der Waals surface area (Å²) in [5, 5.41) is 2.63. The van der Waals surface area contributed by atoms with Crippen LogP contribution in [0.3, 0.4) is 0 Å². The molecule has 1 amide bonds. The quantitative estimate of drug-likeness (QED) is 0.577. The number of benzene rings is 1. The smallest absolute Gasteiger partial charge is 0.273 e. The van der Waals surface area contributed by atoms with Crippen LogP contribution in [0.5, 0.6) is 0 Å². The van der Waals surface area contributed by atoms with E-state index in [1.165, 1.54) is 5.56 Å². The molecule has 1 heterocycles. The molecule has 1 aromatic carbocycles. The van der Waals surface area contributed by atoms with Crippen LogP contribution < -0.4 is 16.8 Å². The Morgan fingerprint density at radius 1 is 1.28 bits per heavy atom. The van der Waals surface area contributed by atoms with Crippen molar-refractivity contribution in [1.29, 1.82) is 0 Å². The van der Waals surface area contributed by atoms with Gasteiger partial charge in [-0.05, 0) is 12.0 Å². The number of nitrogens with two attached hydrogens (primary N) is 2. The zero-order valence-electron chi connectivity index (χ0n) is 9.84. The standard InChI is InChI=1S/C12H16N4OS/c13-9-10(14)16(12(18)15-11(9)17)7-6-8-4-2-1-3-5-8/h1-5,12,18H,6-7,13-14H2,(H,15,17). The fourth-order valence-electron chi connectivity index (χ4n) is 1.81. The Morgan fingerprint density at radius 3 is 2.61 bits per heavy atom. The van der Waals surface area contributed by atoms with E-state index in [1.807, 2.05) is 30.3 Å². The average Bonchev–Trinajstić information content (AvgIpc) is 2.37. The van der Waals surface area contributed by atoms with Gasteiger partial charge in [-0.3, -0.25) is 4.79 Å². The first kappa shape index (κ1) is 12.6. The van der Waals surface area contributed by atoms with E-state index >= 15 is 0 Å². The highest BCUT2D eigenvalue weighted by Crippen LogP contribution is 2.15. The number of carbonyl (C=O) groups excluding carboxylic acids is 1. The summed E-state index contributed by atoms with van der Waals surface area (Å²) in [4.78, 5) is 13.2. The van der Waals surface area contributed by atoms with Crippen molar-refractivity contribution < 1.29 is 4.79 Å². The lowest BCUT2D eigenvalue weighted by molar-refractivity contribution is -0.119. The van der Waals surface area contributed by atoms with Crippen molar-refractivity contribution in [1.82, 2.24) is 10.2 Å². The molecule has 1 unspecified atom stereocenters. The Morgan fingerprint density at radius 2 is 1.94 bits per heavy atom. The van der Waals surface area contributed by atoms with E-state index in [1.54, 1.807) is 4.90 Å². The number of rotatable bonds is 3. The van der Waals surface area contributed by atoms with E-state index < -0.39 is 5.50 Å². The fourth-order valence-corrected chi connectivity index (χ4v) is 2.17. The molecule has 0 aliphatic carbocycles. The van der Waals surface area contributed by atoms with Crippen molar-refractivity contribution in [2.24, 2.45) is 11.5 Å². The third kappa shape index (κ3) is 2.53. The molecule has 0 fully saturated rings. The Balaban J connectivity index is 2.07. The molecule has 0 saturated heterocycles. The summed E-state index contributed by atoms with van der Waals surface area (Å²) in [6, 6.07) is 10.0. The Kier molecular flexibility index (Phi) is 3.66. The minimum Gasteiger partial charge on any atom is -0.391 e. The lowest BCUT2D eigenvalue weighted by Crippen LogP contribution is -2.54. The highest BCUT2D eigenvalue weighted by molar-refractivity contribution is 7.80. The van der Waals surface area contributed by atoms with Gasteiger partial charge in [0.2, 0.25) is 0 Å². The predicted molar refractivity (Wildman–Crippen MR) is 73.2 cm³/mol. The SMILES string of the molecule is NC1=C(N)N(CCc2ccccc2)C(S)NC1=O. The molecule has 5 nitrogen and oxygen atoms in total. The maximum Gasteiger partial charge on any atom is 0.273 e. The van der Waals surface area contributed by atoms with Crippen LogP contribution in [-0.4, -0.2) is 22.8 Å². The van der Waals surface area contributed by atoms with Gasteiger partial charge in [0.15, 0.2) is 0 Å². The fraction of sp³-hybridized carbons (Fsp3) is 0.250. The number of hydrogen-bond acceptors (Lipinski definition) is 5. The Hall–Kier alpha value is -1.82. The van der Waals surface area contributed by atoms with E-state index in [2.05, 4.69) is 17.9 Å². The first-order valence-corrected chi connectivity index (χ1v) is 6.16. The van der Waals surface area contributed by atoms with E-state index in [-0.39, 0.29) is 17.4 Å². The third-order valence-corrected chi connectivity index (χ3v) is 3.28. The molecule has 1 aliphatic heterocycles. The molecule has 0 saturated carbocycles. The Labute approximate surface area is 111 Å². The van der Waals surface area contributed by atoms with Crippen molar-refractivity contribution in [2.75, 3.05) is 6.54 Å². The van der Waals surface area contributed by atoms with Gasteiger partial charge in [-0.25, -0.2) is 0 Å². The summed E-state index contributed by atoms with van der Waals surface area (Å²) >= 11 is 4.29. The van der Waals surface area contributed by atoms with Crippen molar-refractivity contribution in [3.63, 3.8) is 0 Å². The zero-order valence-corrected chi connectivity index (χ0v) is 10.7. The number of amides is 1. The molecule has 5 N–H and O–H groups in total. The highest BCUT2D eigenvalue weighted by atomic mass is 32.1. The van der Waals surface area contributed by atoms with E-state index in [0.717, 1.165) is 6.42 Å².